The molecule has 1 N–H and O–H groups in total. The molecule has 1 heterocycles. The molecule has 0 bridgehead atoms. The standard InChI is InChI=1S/C14H28N2O2S/c1-4-8-19(17,18)9-7-16-11-14(2,3)15-10-13(16)12-5-6-12/h12-13,15H,4-11H2,1-3H3. The topological polar surface area (TPSA) is 49.4 Å². The maximum absolute atomic E-state index is 11.9. The highest BCUT2D eigenvalue weighted by Crippen LogP contribution is 2.37. The normalized spacial score (nSPS) is 28.5. The van der Waals surface area contributed by atoms with E-state index in [2.05, 4.69) is 24.1 Å². The molecule has 1 saturated heterocycles. The van der Waals surface area contributed by atoms with Crippen molar-refractivity contribution in [3.63, 3.8) is 0 Å². The molecule has 112 valence electrons. The van der Waals surface area contributed by atoms with Gasteiger partial charge in [0.1, 0.15) is 0 Å². The molecule has 1 unspecified atom stereocenters. The number of nitrogens with zero attached hydrogens (tertiary/aromatic N) is 1. The average Bonchev–Trinajstić information content (AvgIpc) is 3.09. The lowest BCUT2D eigenvalue weighted by Crippen LogP contribution is -2.62. The Kier molecular flexibility index (Phi) is 4.58. The van der Waals surface area contributed by atoms with E-state index in [1.807, 2.05) is 6.92 Å². The number of piperazine rings is 1. The molecule has 1 atom stereocenters. The Balaban J connectivity index is 1.94. The summed E-state index contributed by atoms with van der Waals surface area (Å²) in [4.78, 5) is 2.42. The van der Waals surface area contributed by atoms with E-state index in [1.165, 1.54) is 12.8 Å². The number of nitrogens with one attached hydrogen (secondary N) is 1. The molecular formula is C14H28N2O2S. The molecule has 0 aromatic heterocycles. The summed E-state index contributed by atoms with van der Waals surface area (Å²) in [7, 11) is -2.86. The highest BCUT2D eigenvalue weighted by molar-refractivity contribution is 7.91. The number of hydrogen-bond donors (Lipinski definition) is 1. The minimum atomic E-state index is -2.86. The monoisotopic (exact) mass is 288 g/mol. The van der Waals surface area contributed by atoms with E-state index in [0.717, 1.165) is 25.4 Å². The van der Waals surface area contributed by atoms with Crippen LogP contribution in [0.1, 0.15) is 40.0 Å². The third-order valence-corrected chi connectivity index (χ3v) is 6.06. The van der Waals surface area contributed by atoms with Gasteiger partial charge in [-0.1, -0.05) is 6.92 Å². The first-order valence-electron chi connectivity index (χ1n) is 7.52. The molecule has 19 heavy (non-hydrogen) atoms. The molecule has 0 spiro atoms. The Morgan fingerprint density at radius 3 is 2.53 bits per heavy atom. The first-order chi connectivity index (χ1) is 8.83. The lowest BCUT2D eigenvalue weighted by atomic mass is 9.97. The molecule has 0 aromatic carbocycles. The van der Waals surface area contributed by atoms with Gasteiger partial charge >= 0.3 is 0 Å². The molecule has 1 aliphatic carbocycles. The van der Waals surface area contributed by atoms with Gasteiger partial charge in [0, 0.05) is 37.0 Å². The molecule has 2 rings (SSSR count). The van der Waals surface area contributed by atoms with Gasteiger partial charge in [-0.05, 0) is 39.0 Å². The zero-order valence-corrected chi connectivity index (χ0v) is 13.3. The molecule has 0 amide bonds. The smallest absolute Gasteiger partial charge is 0.151 e. The third kappa shape index (κ3) is 4.43. The molecular weight excluding hydrogens is 260 g/mol. The molecule has 2 fully saturated rings. The van der Waals surface area contributed by atoms with E-state index in [1.54, 1.807) is 0 Å². The fraction of sp³-hybridized carbons (Fsp3) is 1.00. The Bertz CT molecular complexity index is 402. The van der Waals surface area contributed by atoms with Crippen LogP contribution in [0.15, 0.2) is 0 Å². The molecule has 5 heteroatoms. The quantitative estimate of drug-likeness (QED) is 0.800. The summed E-state index contributed by atoms with van der Waals surface area (Å²) in [6.45, 7) is 8.99. The third-order valence-electron chi connectivity index (χ3n) is 4.23. The average molecular weight is 288 g/mol. The van der Waals surface area contributed by atoms with E-state index in [9.17, 15) is 8.42 Å². The van der Waals surface area contributed by atoms with Crippen LogP contribution in [0.3, 0.4) is 0 Å². The lowest BCUT2D eigenvalue weighted by Gasteiger charge is -2.45. The number of rotatable bonds is 6. The summed E-state index contributed by atoms with van der Waals surface area (Å²) in [5, 5.41) is 3.59. The van der Waals surface area contributed by atoms with Crippen molar-refractivity contribution >= 4 is 9.84 Å². The zero-order valence-electron chi connectivity index (χ0n) is 12.5. The first kappa shape index (κ1) is 15.3. The van der Waals surface area contributed by atoms with Crippen LogP contribution in [0.25, 0.3) is 0 Å². The first-order valence-corrected chi connectivity index (χ1v) is 9.34. The lowest BCUT2D eigenvalue weighted by molar-refractivity contribution is 0.0889. The second-order valence-electron chi connectivity index (χ2n) is 6.79. The predicted molar refractivity (Wildman–Crippen MR) is 79.1 cm³/mol. The van der Waals surface area contributed by atoms with Gasteiger partial charge in [-0.25, -0.2) is 8.42 Å². The van der Waals surface area contributed by atoms with E-state index in [4.69, 9.17) is 0 Å². The van der Waals surface area contributed by atoms with Crippen LogP contribution in [0.2, 0.25) is 0 Å². The summed E-state index contributed by atoms with van der Waals surface area (Å²) < 4.78 is 23.8. The minimum absolute atomic E-state index is 0.0971. The van der Waals surface area contributed by atoms with Gasteiger partial charge in [-0.2, -0.15) is 0 Å². The molecule has 0 aromatic rings. The number of hydrogen-bond acceptors (Lipinski definition) is 4. The summed E-state index contributed by atoms with van der Waals surface area (Å²) in [6, 6.07) is 0.546. The van der Waals surface area contributed by atoms with Crippen LogP contribution in [0.4, 0.5) is 0 Å². The van der Waals surface area contributed by atoms with Crippen molar-refractivity contribution < 1.29 is 8.42 Å². The molecule has 1 saturated carbocycles. The van der Waals surface area contributed by atoms with Crippen molar-refractivity contribution in [3.05, 3.63) is 0 Å². The molecule has 0 radical (unpaired) electrons. The fourth-order valence-electron chi connectivity index (χ4n) is 3.05. The van der Waals surface area contributed by atoms with E-state index >= 15 is 0 Å². The van der Waals surface area contributed by atoms with Crippen molar-refractivity contribution in [2.75, 3.05) is 31.1 Å². The zero-order chi connectivity index (χ0) is 14.1. The Morgan fingerprint density at radius 1 is 1.26 bits per heavy atom. The van der Waals surface area contributed by atoms with Gasteiger partial charge in [0.15, 0.2) is 9.84 Å². The highest BCUT2D eigenvalue weighted by Gasteiger charge is 2.40. The predicted octanol–water partition coefficient (Wildman–Crippen LogP) is 1.27. The van der Waals surface area contributed by atoms with Crippen molar-refractivity contribution in [1.29, 1.82) is 0 Å². The number of sulfone groups is 1. The molecule has 4 nitrogen and oxygen atoms in total. The maximum atomic E-state index is 11.9. The van der Waals surface area contributed by atoms with Crippen LogP contribution < -0.4 is 5.32 Å². The van der Waals surface area contributed by atoms with E-state index in [0.29, 0.717) is 24.1 Å². The Hall–Kier alpha value is -0.130. The van der Waals surface area contributed by atoms with Crippen LogP contribution in [0.5, 0.6) is 0 Å². The van der Waals surface area contributed by atoms with E-state index < -0.39 is 9.84 Å². The summed E-state index contributed by atoms with van der Waals surface area (Å²) >= 11 is 0. The fourth-order valence-corrected chi connectivity index (χ4v) is 4.39. The van der Waals surface area contributed by atoms with Gasteiger partial charge in [-0.3, -0.25) is 4.90 Å². The second kappa shape index (κ2) is 5.70. The summed E-state index contributed by atoms with van der Waals surface area (Å²) in [6.07, 6.45) is 3.34. The van der Waals surface area contributed by atoms with Crippen molar-refractivity contribution in [3.8, 4) is 0 Å². The van der Waals surface area contributed by atoms with Gasteiger partial charge in [0.05, 0.1) is 5.75 Å². The van der Waals surface area contributed by atoms with Crippen molar-refractivity contribution in [2.24, 2.45) is 5.92 Å². The van der Waals surface area contributed by atoms with Crippen molar-refractivity contribution in [2.45, 2.75) is 51.6 Å². The maximum Gasteiger partial charge on any atom is 0.151 e. The van der Waals surface area contributed by atoms with Gasteiger partial charge in [-0.15, -0.1) is 0 Å². The highest BCUT2D eigenvalue weighted by atomic mass is 32.2. The Labute approximate surface area is 117 Å². The largest absolute Gasteiger partial charge is 0.309 e. The van der Waals surface area contributed by atoms with Gasteiger partial charge < -0.3 is 5.32 Å². The van der Waals surface area contributed by atoms with Crippen LogP contribution >= 0.6 is 0 Å². The second-order valence-corrected chi connectivity index (χ2v) is 9.10. The van der Waals surface area contributed by atoms with Crippen LogP contribution in [-0.4, -0.2) is 56.0 Å². The van der Waals surface area contributed by atoms with Crippen LogP contribution in [-0.2, 0) is 9.84 Å². The Morgan fingerprint density at radius 2 is 1.95 bits per heavy atom. The SMILES string of the molecule is CCCS(=O)(=O)CCN1CC(C)(C)NCC1C1CC1. The molecule has 1 aliphatic heterocycles. The van der Waals surface area contributed by atoms with Gasteiger partial charge in [0.25, 0.3) is 0 Å². The van der Waals surface area contributed by atoms with Gasteiger partial charge in [0.2, 0.25) is 0 Å². The van der Waals surface area contributed by atoms with E-state index in [-0.39, 0.29) is 5.54 Å². The summed E-state index contributed by atoms with van der Waals surface area (Å²) in [5.41, 5.74) is 0.0971. The van der Waals surface area contributed by atoms with Crippen molar-refractivity contribution in [1.82, 2.24) is 10.2 Å². The summed E-state index contributed by atoms with van der Waals surface area (Å²) in [5.74, 6) is 1.44. The van der Waals surface area contributed by atoms with Crippen LogP contribution in [0, 0.1) is 5.92 Å². The molecule has 2 aliphatic rings. The minimum Gasteiger partial charge on any atom is -0.309 e.